The second kappa shape index (κ2) is 7.21. The van der Waals surface area contributed by atoms with Crippen LogP contribution in [-0.2, 0) is 14.3 Å². The van der Waals surface area contributed by atoms with E-state index in [-0.39, 0.29) is 11.1 Å². The number of halogens is 1. The molecule has 1 aliphatic carbocycles. The number of Topliss-reactive ketones (excluding diaryl/α,β-unsaturated/α-hetero) is 2. The van der Waals surface area contributed by atoms with E-state index in [0.717, 1.165) is 15.6 Å². The lowest BCUT2D eigenvalue weighted by Crippen LogP contribution is -2.59. The smallest absolute Gasteiger partial charge is 0.320 e. The van der Waals surface area contributed by atoms with Crippen molar-refractivity contribution in [1.82, 2.24) is 0 Å². The summed E-state index contributed by atoms with van der Waals surface area (Å²) in [6.45, 7) is 1.95. The molecule has 6 rings (SSSR count). The highest BCUT2D eigenvalue weighted by Gasteiger charge is 2.76. The van der Waals surface area contributed by atoms with Gasteiger partial charge in [-0.05, 0) is 36.8 Å². The number of rotatable bonds is 2. The van der Waals surface area contributed by atoms with Crippen molar-refractivity contribution in [2.45, 2.75) is 18.5 Å². The van der Waals surface area contributed by atoms with E-state index in [2.05, 4.69) is 15.9 Å². The van der Waals surface area contributed by atoms with Crippen molar-refractivity contribution in [3.05, 3.63) is 99.5 Å². The fourth-order valence-electron chi connectivity index (χ4n) is 5.76. The van der Waals surface area contributed by atoms with Crippen molar-refractivity contribution >= 4 is 45.1 Å². The molecule has 2 saturated heterocycles. The second-order valence-electron chi connectivity index (χ2n) is 8.92. The van der Waals surface area contributed by atoms with Gasteiger partial charge in [0, 0.05) is 21.3 Å². The fourth-order valence-corrected chi connectivity index (χ4v) is 6.03. The molecule has 2 fully saturated rings. The molecule has 1 spiro atoms. The molecule has 0 amide bonds. The molecule has 6 nitrogen and oxygen atoms in total. The van der Waals surface area contributed by atoms with E-state index in [1.165, 1.54) is 0 Å². The number of cyclic esters (lactones) is 2. The minimum absolute atomic E-state index is 0.255. The van der Waals surface area contributed by atoms with Gasteiger partial charge in [0.05, 0.1) is 12.0 Å². The summed E-state index contributed by atoms with van der Waals surface area (Å²) >= 11 is 3.43. The normalized spacial score (nSPS) is 24.5. The fraction of sp³-hybridized carbons (Fsp3) is 0.185. The third-order valence-electron chi connectivity index (χ3n) is 7.17. The van der Waals surface area contributed by atoms with Crippen LogP contribution >= 0.6 is 15.9 Å². The molecular weight excluding hydrogens is 498 g/mol. The quantitative estimate of drug-likeness (QED) is 0.370. The molecule has 3 aromatic carbocycles. The molecule has 2 heterocycles. The minimum Gasteiger partial charge on any atom is -0.393 e. The van der Waals surface area contributed by atoms with Crippen molar-refractivity contribution in [2.24, 2.45) is 11.8 Å². The summed E-state index contributed by atoms with van der Waals surface area (Å²) in [6.07, 6.45) is 0. The average molecular weight is 516 g/mol. The Bertz CT molecular complexity index is 1360. The highest BCUT2D eigenvalue weighted by molar-refractivity contribution is 9.10. The number of anilines is 1. The SMILES string of the molecule is Cc1ccc([C@@H]2[C@@H]3C(=O)OC(=O)[C@@H]3C3(C(=O)c4ccccc4C3=O)N2c2ccc(Br)cc2)cc1. The van der Waals surface area contributed by atoms with Crippen LogP contribution in [0, 0.1) is 18.8 Å². The van der Waals surface area contributed by atoms with Gasteiger partial charge in [-0.3, -0.25) is 19.2 Å². The van der Waals surface area contributed by atoms with Gasteiger partial charge in [0.2, 0.25) is 0 Å². The number of fused-ring (bicyclic) bond motifs is 3. The molecule has 0 bridgehead atoms. The minimum atomic E-state index is -1.90. The van der Waals surface area contributed by atoms with Gasteiger partial charge in [0.15, 0.2) is 17.1 Å². The Kier molecular flexibility index (Phi) is 4.45. The second-order valence-corrected chi connectivity index (χ2v) is 9.83. The van der Waals surface area contributed by atoms with E-state index in [1.807, 2.05) is 31.2 Å². The Morgan fingerprint density at radius 2 is 1.38 bits per heavy atom. The van der Waals surface area contributed by atoms with Crippen LogP contribution in [0.4, 0.5) is 5.69 Å². The topological polar surface area (TPSA) is 80.8 Å². The molecular formula is C27H18BrNO5. The molecule has 0 unspecified atom stereocenters. The molecule has 3 aliphatic rings. The molecule has 2 aliphatic heterocycles. The maximum absolute atomic E-state index is 14.1. The summed E-state index contributed by atoms with van der Waals surface area (Å²) in [7, 11) is 0. The number of ketones is 2. The summed E-state index contributed by atoms with van der Waals surface area (Å²) in [5.74, 6) is -4.75. The lowest BCUT2D eigenvalue weighted by atomic mass is 9.76. The van der Waals surface area contributed by atoms with Crippen molar-refractivity contribution < 1.29 is 23.9 Å². The molecule has 0 saturated carbocycles. The van der Waals surface area contributed by atoms with Gasteiger partial charge in [-0.15, -0.1) is 0 Å². The predicted octanol–water partition coefficient (Wildman–Crippen LogP) is 4.45. The van der Waals surface area contributed by atoms with E-state index in [1.54, 1.807) is 53.4 Å². The number of carbonyl (C=O) groups excluding carboxylic acids is 4. The monoisotopic (exact) mass is 515 g/mol. The third-order valence-corrected chi connectivity index (χ3v) is 7.70. The van der Waals surface area contributed by atoms with Crippen LogP contribution < -0.4 is 4.90 Å². The lowest BCUT2D eigenvalue weighted by molar-refractivity contribution is -0.154. The Labute approximate surface area is 203 Å². The number of benzene rings is 3. The third kappa shape index (κ3) is 2.56. The van der Waals surface area contributed by atoms with Crippen molar-refractivity contribution in [3.8, 4) is 0 Å². The van der Waals surface area contributed by atoms with Gasteiger partial charge >= 0.3 is 11.9 Å². The number of hydrogen-bond donors (Lipinski definition) is 0. The van der Waals surface area contributed by atoms with Gasteiger partial charge in [-0.2, -0.15) is 0 Å². The zero-order valence-corrected chi connectivity index (χ0v) is 19.6. The van der Waals surface area contributed by atoms with Crippen LogP contribution in [0.25, 0.3) is 0 Å². The Balaban J connectivity index is 1.68. The number of esters is 2. The summed E-state index contributed by atoms with van der Waals surface area (Å²) in [4.78, 5) is 56.2. The molecule has 3 atom stereocenters. The predicted molar refractivity (Wildman–Crippen MR) is 126 cm³/mol. The molecule has 34 heavy (non-hydrogen) atoms. The van der Waals surface area contributed by atoms with E-state index >= 15 is 0 Å². The first kappa shape index (κ1) is 21.0. The van der Waals surface area contributed by atoms with E-state index in [9.17, 15) is 19.2 Å². The molecule has 7 heteroatoms. The van der Waals surface area contributed by atoms with E-state index in [4.69, 9.17) is 4.74 Å². The van der Waals surface area contributed by atoms with Gasteiger partial charge in [0.25, 0.3) is 0 Å². The van der Waals surface area contributed by atoms with E-state index < -0.39 is 46.9 Å². The van der Waals surface area contributed by atoms with Gasteiger partial charge in [-0.25, -0.2) is 0 Å². The van der Waals surface area contributed by atoms with Crippen LogP contribution in [0.1, 0.15) is 37.9 Å². The summed E-state index contributed by atoms with van der Waals surface area (Å²) in [5, 5.41) is 0. The molecule has 0 radical (unpaired) electrons. The van der Waals surface area contributed by atoms with Crippen molar-refractivity contribution in [2.75, 3.05) is 4.90 Å². The van der Waals surface area contributed by atoms with Crippen LogP contribution in [0.15, 0.2) is 77.3 Å². The highest BCUT2D eigenvalue weighted by atomic mass is 79.9. The first-order valence-corrected chi connectivity index (χ1v) is 11.7. The largest absolute Gasteiger partial charge is 0.393 e. The maximum atomic E-state index is 14.1. The Morgan fingerprint density at radius 3 is 1.97 bits per heavy atom. The van der Waals surface area contributed by atoms with Crippen LogP contribution in [0.3, 0.4) is 0 Å². The standard InChI is InChI=1S/C27H18BrNO5/c1-14-6-8-15(9-7-14)22-20-21(26(33)34-25(20)32)27(29(22)17-12-10-16(28)11-13-17)23(30)18-4-2-3-5-19(18)24(27)31/h2-13,20-22H,1H3/t20-,21-,22-/m1/s1. The van der Waals surface area contributed by atoms with E-state index in [0.29, 0.717) is 5.69 Å². The zero-order valence-electron chi connectivity index (χ0n) is 18.0. The van der Waals surface area contributed by atoms with Crippen LogP contribution in [0.2, 0.25) is 0 Å². The number of carbonyl (C=O) groups is 4. The summed E-state index contributed by atoms with van der Waals surface area (Å²) < 4.78 is 5.89. The Hall–Kier alpha value is -3.58. The van der Waals surface area contributed by atoms with Gasteiger partial charge < -0.3 is 9.64 Å². The molecule has 0 aromatic heterocycles. The average Bonchev–Trinajstić information content (AvgIpc) is 3.39. The molecule has 0 N–H and O–H groups in total. The highest BCUT2D eigenvalue weighted by Crippen LogP contribution is 2.59. The van der Waals surface area contributed by atoms with Crippen molar-refractivity contribution in [1.29, 1.82) is 0 Å². The Morgan fingerprint density at radius 1 is 0.794 bits per heavy atom. The zero-order chi connectivity index (χ0) is 23.8. The number of nitrogens with zero attached hydrogens (tertiary/aromatic N) is 1. The van der Waals surface area contributed by atoms with Crippen molar-refractivity contribution in [3.63, 3.8) is 0 Å². The first-order valence-electron chi connectivity index (χ1n) is 10.9. The summed E-state index contributed by atoms with van der Waals surface area (Å²) in [6, 6.07) is 20.6. The lowest BCUT2D eigenvalue weighted by Gasteiger charge is -2.39. The maximum Gasteiger partial charge on any atom is 0.320 e. The number of ether oxygens (including phenoxy) is 1. The van der Waals surface area contributed by atoms with Crippen LogP contribution in [-0.4, -0.2) is 29.0 Å². The number of aryl methyl sites for hydroxylation is 1. The molecule has 3 aromatic rings. The summed E-state index contributed by atoms with van der Waals surface area (Å²) in [5.41, 5.74) is 0.923. The molecule has 168 valence electrons. The number of hydrogen-bond acceptors (Lipinski definition) is 6. The van der Waals surface area contributed by atoms with Gasteiger partial charge in [-0.1, -0.05) is 70.0 Å². The van der Waals surface area contributed by atoms with Gasteiger partial charge in [0.1, 0.15) is 5.92 Å². The van der Waals surface area contributed by atoms with Crippen LogP contribution in [0.5, 0.6) is 0 Å². The first-order chi connectivity index (χ1) is 16.4.